The Labute approximate surface area is 200 Å². The van der Waals surface area contributed by atoms with Gasteiger partial charge in [0.1, 0.15) is 29.6 Å². The van der Waals surface area contributed by atoms with Gasteiger partial charge in [-0.1, -0.05) is 6.92 Å². The van der Waals surface area contributed by atoms with Crippen molar-refractivity contribution < 1.29 is 9.47 Å². The third-order valence-corrected chi connectivity index (χ3v) is 6.54. The van der Waals surface area contributed by atoms with Gasteiger partial charge in [-0.05, 0) is 57.9 Å². The second-order valence-electron chi connectivity index (χ2n) is 9.72. The molecule has 2 aliphatic heterocycles. The summed E-state index contributed by atoms with van der Waals surface area (Å²) in [7, 11) is 0. The Bertz CT molecular complexity index is 1110. The number of rotatable bonds is 7. The molecule has 34 heavy (non-hydrogen) atoms. The van der Waals surface area contributed by atoms with Crippen molar-refractivity contribution in [3.8, 4) is 0 Å². The number of hydrogen-bond donors (Lipinski definition) is 1. The maximum Gasteiger partial charge on any atom is 0.227 e. The van der Waals surface area contributed by atoms with E-state index >= 15 is 0 Å². The highest BCUT2D eigenvalue weighted by Gasteiger charge is 2.20. The van der Waals surface area contributed by atoms with Crippen molar-refractivity contribution in [3.05, 3.63) is 30.4 Å². The Kier molecular flexibility index (Phi) is 6.92. The van der Waals surface area contributed by atoms with Crippen LogP contribution >= 0.6 is 0 Å². The topological polar surface area (TPSA) is 90.2 Å². The fourth-order valence-electron chi connectivity index (χ4n) is 4.88. The molecule has 9 heteroatoms. The average Bonchev–Trinajstić information content (AvgIpc) is 3.21. The van der Waals surface area contributed by atoms with Crippen molar-refractivity contribution in [2.75, 3.05) is 29.9 Å². The van der Waals surface area contributed by atoms with Gasteiger partial charge in [-0.25, -0.2) is 15.0 Å². The predicted molar refractivity (Wildman–Crippen MR) is 132 cm³/mol. The third-order valence-electron chi connectivity index (χ3n) is 6.54. The largest absolute Gasteiger partial charge is 0.353 e. The van der Waals surface area contributed by atoms with Crippen LogP contribution in [0.1, 0.15) is 64.7 Å². The second-order valence-corrected chi connectivity index (χ2v) is 9.72. The van der Waals surface area contributed by atoms with Crippen LogP contribution in [0.15, 0.2) is 24.5 Å². The van der Waals surface area contributed by atoms with Gasteiger partial charge < -0.3 is 24.3 Å². The summed E-state index contributed by atoms with van der Waals surface area (Å²) < 4.78 is 14.0. The summed E-state index contributed by atoms with van der Waals surface area (Å²) in [5, 5.41) is 3.36. The van der Waals surface area contributed by atoms with E-state index in [1.165, 1.54) is 12.8 Å². The lowest BCUT2D eigenvalue weighted by atomic mass is 10.0. The Hall–Kier alpha value is -2.78. The molecule has 2 aliphatic rings. The molecule has 5 heterocycles. The highest BCUT2D eigenvalue weighted by molar-refractivity contribution is 5.79. The maximum atomic E-state index is 6.03. The first-order valence-electron chi connectivity index (χ1n) is 12.5. The van der Waals surface area contributed by atoms with Crippen LogP contribution < -0.4 is 10.2 Å². The molecule has 0 aromatic carbocycles. The standard InChI is InChI=1S/C25H35N7O2/c1-17(2)32-20-13-22(27-14-19(20)28-23(32)16-34-24-8-4-5-12-33-24)29-21-9-10-26-25(30-21)31-11-6-7-18(3)15-31/h9-10,13-14,17-18,24H,4-8,11-12,15-16H2,1-3H3,(H,26,27,29,30). The van der Waals surface area contributed by atoms with E-state index in [1.54, 1.807) is 0 Å². The maximum absolute atomic E-state index is 6.03. The number of piperidine rings is 1. The molecule has 2 saturated heterocycles. The monoisotopic (exact) mass is 465 g/mol. The predicted octanol–water partition coefficient (Wildman–Crippen LogP) is 4.83. The van der Waals surface area contributed by atoms with E-state index in [2.05, 4.69) is 45.5 Å². The minimum atomic E-state index is -0.139. The summed E-state index contributed by atoms with van der Waals surface area (Å²) in [4.78, 5) is 20.9. The van der Waals surface area contributed by atoms with Gasteiger partial charge in [0, 0.05) is 38.0 Å². The van der Waals surface area contributed by atoms with Gasteiger partial charge in [0.15, 0.2) is 6.29 Å². The number of anilines is 3. The molecule has 1 N–H and O–H groups in total. The molecule has 0 aliphatic carbocycles. The summed E-state index contributed by atoms with van der Waals surface area (Å²) in [5.41, 5.74) is 1.88. The molecule has 2 fully saturated rings. The molecule has 5 rings (SSSR count). The normalized spacial score (nSPS) is 21.4. The highest BCUT2D eigenvalue weighted by atomic mass is 16.7. The Morgan fingerprint density at radius 1 is 1.15 bits per heavy atom. The van der Waals surface area contributed by atoms with E-state index < -0.39 is 0 Å². The summed E-state index contributed by atoms with van der Waals surface area (Å²) >= 11 is 0. The van der Waals surface area contributed by atoms with E-state index in [-0.39, 0.29) is 12.3 Å². The molecule has 0 radical (unpaired) electrons. The van der Waals surface area contributed by atoms with Crippen LogP contribution in [0.4, 0.5) is 17.6 Å². The van der Waals surface area contributed by atoms with Crippen LogP contribution in [0, 0.1) is 5.92 Å². The zero-order chi connectivity index (χ0) is 23.5. The molecule has 0 amide bonds. The number of fused-ring (bicyclic) bond motifs is 1. The van der Waals surface area contributed by atoms with Crippen molar-refractivity contribution in [2.24, 2.45) is 5.92 Å². The number of nitrogens with one attached hydrogen (secondary N) is 1. The van der Waals surface area contributed by atoms with Gasteiger partial charge in [-0.15, -0.1) is 0 Å². The number of nitrogens with zero attached hydrogens (tertiary/aromatic N) is 6. The van der Waals surface area contributed by atoms with Crippen LogP contribution in [-0.2, 0) is 16.1 Å². The zero-order valence-corrected chi connectivity index (χ0v) is 20.4. The fourth-order valence-corrected chi connectivity index (χ4v) is 4.88. The number of ether oxygens (including phenoxy) is 2. The SMILES string of the molecule is CC1CCCN(c2nccc(Nc3cc4c(cn3)nc(COC3CCCCO3)n4C(C)C)n2)C1. The highest BCUT2D eigenvalue weighted by Crippen LogP contribution is 2.26. The third kappa shape index (κ3) is 5.15. The van der Waals surface area contributed by atoms with Crippen molar-refractivity contribution in [2.45, 2.75) is 71.8 Å². The quantitative estimate of drug-likeness (QED) is 0.531. The lowest BCUT2D eigenvalue weighted by Gasteiger charge is -2.30. The lowest BCUT2D eigenvalue weighted by molar-refractivity contribution is -0.170. The van der Waals surface area contributed by atoms with Gasteiger partial charge in [0.2, 0.25) is 5.95 Å². The Morgan fingerprint density at radius 2 is 2.06 bits per heavy atom. The molecule has 0 spiro atoms. The molecule has 3 aromatic heterocycles. The van der Waals surface area contributed by atoms with E-state index in [4.69, 9.17) is 19.4 Å². The molecule has 0 saturated carbocycles. The van der Waals surface area contributed by atoms with E-state index in [9.17, 15) is 0 Å². The summed E-state index contributed by atoms with van der Waals surface area (Å²) in [5.74, 6) is 3.80. The average molecular weight is 466 g/mol. The number of aromatic nitrogens is 5. The summed E-state index contributed by atoms with van der Waals surface area (Å²) in [6, 6.07) is 4.15. The van der Waals surface area contributed by atoms with Crippen LogP contribution in [0.3, 0.4) is 0 Å². The van der Waals surface area contributed by atoms with E-state index in [1.807, 2.05) is 24.5 Å². The summed E-state index contributed by atoms with van der Waals surface area (Å²) in [6.45, 7) is 9.79. The molecular formula is C25H35N7O2. The van der Waals surface area contributed by atoms with Crippen LogP contribution in [0.2, 0.25) is 0 Å². The van der Waals surface area contributed by atoms with Crippen molar-refractivity contribution >= 4 is 28.6 Å². The molecule has 0 bridgehead atoms. The van der Waals surface area contributed by atoms with Crippen molar-refractivity contribution in [1.82, 2.24) is 24.5 Å². The minimum absolute atomic E-state index is 0.139. The van der Waals surface area contributed by atoms with Gasteiger partial charge in [0.05, 0.1) is 11.7 Å². The fraction of sp³-hybridized carbons (Fsp3) is 0.600. The molecule has 3 aromatic rings. The van der Waals surface area contributed by atoms with Gasteiger partial charge in [-0.3, -0.25) is 0 Å². The van der Waals surface area contributed by atoms with E-state index in [0.717, 1.165) is 73.4 Å². The molecule has 182 valence electrons. The molecular weight excluding hydrogens is 430 g/mol. The first kappa shape index (κ1) is 23.0. The number of pyridine rings is 1. The molecule has 9 nitrogen and oxygen atoms in total. The van der Waals surface area contributed by atoms with Gasteiger partial charge >= 0.3 is 0 Å². The minimum Gasteiger partial charge on any atom is -0.353 e. The second kappa shape index (κ2) is 10.2. The van der Waals surface area contributed by atoms with Gasteiger partial charge in [-0.2, -0.15) is 4.98 Å². The van der Waals surface area contributed by atoms with Crippen LogP contribution in [-0.4, -0.2) is 50.5 Å². The van der Waals surface area contributed by atoms with Gasteiger partial charge in [0.25, 0.3) is 0 Å². The zero-order valence-electron chi connectivity index (χ0n) is 20.4. The molecule has 2 atom stereocenters. The lowest BCUT2D eigenvalue weighted by Crippen LogP contribution is -2.35. The smallest absolute Gasteiger partial charge is 0.227 e. The van der Waals surface area contributed by atoms with Crippen molar-refractivity contribution in [1.29, 1.82) is 0 Å². The number of hydrogen-bond acceptors (Lipinski definition) is 8. The Balaban J connectivity index is 1.35. The number of imidazole rings is 1. The van der Waals surface area contributed by atoms with Crippen LogP contribution in [0.5, 0.6) is 0 Å². The first-order valence-corrected chi connectivity index (χ1v) is 12.5. The first-order chi connectivity index (χ1) is 16.6. The van der Waals surface area contributed by atoms with Crippen LogP contribution in [0.25, 0.3) is 11.0 Å². The Morgan fingerprint density at radius 3 is 2.85 bits per heavy atom. The van der Waals surface area contributed by atoms with Crippen molar-refractivity contribution in [3.63, 3.8) is 0 Å². The summed E-state index contributed by atoms with van der Waals surface area (Å²) in [6.07, 6.45) is 9.12. The molecule has 2 unspecified atom stereocenters. The van der Waals surface area contributed by atoms with E-state index in [0.29, 0.717) is 12.5 Å².